The number of hydrogen-bond donors (Lipinski definition) is 0. The largest absolute Gasteiger partial charge is 0.496 e. The molecule has 36 heavy (non-hydrogen) atoms. The van der Waals surface area contributed by atoms with Crippen LogP contribution in [0.1, 0.15) is 22.3 Å². The number of hydrogen-bond acceptors (Lipinski definition) is 4. The number of methoxy groups -OCH3 is 1. The molecule has 0 atom stereocenters. The molecule has 3 aromatic carbocycles. The number of piperazine rings is 1. The molecule has 1 fully saturated rings. The maximum Gasteiger partial charge on any atom is 0.246 e. The van der Waals surface area contributed by atoms with Crippen LogP contribution in [0.25, 0.3) is 6.08 Å². The van der Waals surface area contributed by atoms with Crippen molar-refractivity contribution in [2.45, 2.75) is 20.1 Å². The van der Waals surface area contributed by atoms with Crippen LogP contribution in [0.5, 0.6) is 11.5 Å². The topological polar surface area (TPSA) is 42.0 Å². The molecule has 4 rings (SSSR count). The van der Waals surface area contributed by atoms with Crippen LogP contribution in [0.2, 0.25) is 0 Å². The first-order chi connectivity index (χ1) is 17.4. The van der Waals surface area contributed by atoms with E-state index in [1.54, 1.807) is 30.2 Å². The fourth-order valence-corrected chi connectivity index (χ4v) is 4.19. The van der Waals surface area contributed by atoms with E-state index in [0.29, 0.717) is 44.9 Å². The molecule has 0 radical (unpaired) electrons. The third-order valence-electron chi connectivity index (χ3n) is 6.22. The van der Waals surface area contributed by atoms with Crippen LogP contribution in [0.15, 0.2) is 66.7 Å². The molecule has 0 aromatic heterocycles. The van der Waals surface area contributed by atoms with Crippen LogP contribution in [-0.2, 0) is 17.9 Å². The maximum atomic E-state index is 14.0. The van der Waals surface area contributed by atoms with Gasteiger partial charge in [0.15, 0.2) is 11.6 Å². The molecule has 0 spiro atoms. The lowest BCUT2D eigenvalue weighted by atomic mass is 10.1. The van der Waals surface area contributed by atoms with Gasteiger partial charge in [0.1, 0.15) is 18.1 Å². The number of carbonyl (C=O) groups excluding carboxylic acids is 1. The average Bonchev–Trinajstić information content (AvgIpc) is 2.89. The van der Waals surface area contributed by atoms with Gasteiger partial charge in [-0.2, -0.15) is 0 Å². The average molecular weight is 493 g/mol. The van der Waals surface area contributed by atoms with E-state index in [1.165, 1.54) is 6.07 Å². The van der Waals surface area contributed by atoms with Crippen LogP contribution in [0.4, 0.5) is 8.78 Å². The van der Waals surface area contributed by atoms with Gasteiger partial charge in [-0.15, -0.1) is 0 Å². The first-order valence-electron chi connectivity index (χ1n) is 11.9. The van der Waals surface area contributed by atoms with E-state index in [0.717, 1.165) is 34.3 Å². The number of ether oxygens (including phenoxy) is 2. The Bertz CT molecular complexity index is 1240. The number of halogens is 2. The van der Waals surface area contributed by atoms with E-state index in [1.807, 2.05) is 54.3 Å². The molecule has 1 aliphatic rings. The normalized spacial score (nSPS) is 14.3. The van der Waals surface area contributed by atoms with Gasteiger partial charge < -0.3 is 14.4 Å². The summed E-state index contributed by atoms with van der Waals surface area (Å²) in [5.74, 6) is -0.221. The van der Waals surface area contributed by atoms with E-state index < -0.39 is 11.6 Å². The highest BCUT2D eigenvalue weighted by Crippen LogP contribution is 2.23. The molecular weight excluding hydrogens is 462 g/mol. The zero-order valence-corrected chi connectivity index (χ0v) is 20.5. The van der Waals surface area contributed by atoms with Gasteiger partial charge in [-0.3, -0.25) is 9.69 Å². The molecule has 1 amide bonds. The van der Waals surface area contributed by atoms with Crippen LogP contribution in [-0.4, -0.2) is 49.0 Å². The Morgan fingerprint density at radius 1 is 0.972 bits per heavy atom. The second-order valence-corrected chi connectivity index (χ2v) is 8.82. The number of rotatable bonds is 8. The van der Waals surface area contributed by atoms with E-state index >= 15 is 0 Å². The fraction of sp³-hybridized carbons (Fsp3) is 0.276. The summed E-state index contributed by atoms with van der Waals surface area (Å²) < 4.78 is 38.8. The van der Waals surface area contributed by atoms with Gasteiger partial charge in [0.05, 0.1) is 7.11 Å². The molecule has 0 N–H and O–H groups in total. The van der Waals surface area contributed by atoms with E-state index in [9.17, 15) is 13.6 Å². The van der Waals surface area contributed by atoms with Gasteiger partial charge >= 0.3 is 0 Å². The standard InChI is InChI=1S/C29H30F2N2O3/c1-21-5-3-7-25(17-21)36-20-24-18-22(9-11-27(24)35-2)10-12-28(34)33-15-13-32(14-16-33)19-23-6-4-8-26(30)29(23)31/h3-12,17-18H,13-16,19-20H2,1-2H3/b12-10+. The van der Waals surface area contributed by atoms with Crippen molar-refractivity contribution < 1.29 is 23.0 Å². The Kier molecular flexibility index (Phi) is 8.33. The van der Waals surface area contributed by atoms with E-state index in [-0.39, 0.29) is 5.91 Å². The molecule has 1 aliphatic heterocycles. The highest BCUT2D eigenvalue weighted by Gasteiger charge is 2.21. The Hall–Kier alpha value is -3.71. The zero-order chi connectivity index (χ0) is 25.5. The molecule has 0 saturated carbocycles. The van der Waals surface area contributed by atoms with Crippen LogP contribution in [0.3, 0.4) is 0 Å². The number of amides is 1. The number of benzene rings is 3. The van der Waals surface area contributed by atoms with Crippen LogP contribution >= 0.6 is 0 Å². The van der Waals surface area contributed by atoms with Crippen molar-refractivity contribution in [3.63, 3.8) is 0 Å². The summed E-state index contributed by atoms with van der Waals surface area (Å²) in [6, 6.07) is 17.8. The monoisotopic (exact) mass is 492 g/mol. The van der Waals surface area contributed by atoms with Gasteiger partial charge in [0.2, 0.25) is 5.91 Å². The molecule has 0 aliphatic carbocycles. The van der Waals surface area contributed by atoms with E-state index in [2.05, 4.69) is 0 Å². The van der Waals surface area contributed by atoms with Crippen molar-refractivity contribution in [1.29, 1.82) is 0 Å². The van der Waals surface area contributed by atoms with Crippen LogP contribution < -0.4 is 9.47 Å². The Balaban J connectivity index is 1.33. The maximum absolute atomic E-state index is 14.0. The summed E-state index contributed by atoms with van der Waals surface area (Å²) >= 11 is 0. The minimum Gasteiger partial charge on any atom is -0.496 e. The second kappa shape index (κ2) is 11.8. The molecule has 1 saturated heterocycles. The lowest BCUT2D eigenvalue weighted by Crippen LogP contribution is -2.47. The summed E-state index contributed by atoms with van der Waals surface area (Å²) in [5, 5.41) is 0. The van der Waals surface area contributed by atoms with Crippen molar-refractivity contribution in [2.24, 2.45) is 0 Å². The van der Waals surface area contributed by atoms with Crippen molar-refractivity contribution >= 4 is 12.0 Å². The molecule has 3 aromatic rings. The highest BCUT2D eigenvalue weighted by atomic mass is 19.2. The highest BCUT2D eigenvalue weighted by molar-refractivity contribution is 5.91. The molecule has 7 heteroatoms. The lowest BCUT2D eigenvalue weighted by molar-refractivity contribution is -0.127. The molecule has 0 unspecified atom stereocenters. The number of carbonyl (C=O) groups is 1. The van der Waals surface area contributed by atoms with Gasteiger partial charge in [-0.1, -0.05) is 30.3 Å². The smallest absolute Gasteiger partial charge is 0.246 e. The van der Waals surface area contributed by atoms with Crippen LogP contribution in [0, 0.1) is 18.6 Å². The van der Waals surface area contributed by atoms with Gasteiger partial charge in [0, 0.05) is 49.9 Å². The minimum atomic E-state index is -0.838. The third-order valence-corrected chi connectivity index (χ3v) is 6.22. The predicted octanol–water partition coefficient (Wildman–Crippen LogP) is 5.22. The van der Waals surface area contributed by atoms with Gasteiger partial charge in [-0.25, -0.2) is 8.78 Å². The fourth-order valence-electron chi connectivity index (χ4n) is 4.19. The first kappa shape index (κ1) is 25.4. The quantitative estimate of drug-likeness (QED) is 0.405. The number of nitrogens with zero attached hydrogens (tertiary/aromatic N) is 2. The molecule has 0 bridgehead atoms. The summed E-state index contributed by atoms with van der Waals surface area (Å²) in [4.78, 5) is 16.5. The van der Waals surface area contributed by atoms with E-state index in [4.69, 9.17) is 9.47 Å². The summed E-state index contributed by atoms with van der Waals surface area (Å²) in [6.45, 7) is 4.92. The van der Waals surface area contributed by atoms with Crippen molar-refractivity contribution in [1.82, 2.24) is 9.80 Å². The molecule has 188 valence electrons. The number of aryl methyl sites for hydroxylation is 1. The van der Waals surface area contributed by atoms with Crippen molar-refractivity contribution in [3.05, 3.63) is 101 Å². The third kappa shape index (κ3) is 6.49. The summed E-state index contributed by atoms with van der Waals surface area (Å²) in [6.07, 6.45) is 3.35. The Labute approximate surface area is 210 Å². The predicted molar refractivity (Wildman–Crippen MR) is 136 cm³/mol. The summed E-state index contributed by atoms with van der Waals surface area (Å²) in [7, 11) is 1.62. The molecule has 1 heterocycles. The zero-order valence-electron chi connectivity index (χ0n) is 20.5. The SMILES string of the molecule is COc1ccc(/C=C/C(=O)N2CCN(Cc3cccc(F)c3F)CC2)cc1COc1cccc(C)c1. The molecular formula is C29H30F2N2O3. The van der Waals surface area contributed by atoms with Gasteiger partial charge in [-0.05, 0) is 54.5 Å². The Morgan fingerprint density at radius 3 is 2.50 bits per heavy atom. The minimum absolute atomic E-state index is 0.0834. The van der Waals surface area contributed by atoms with Crippen molar-refractivity contribution in [2.75, 3.05) is 33.3 Å². The second-order valence-electron chi connectivity index (χ2n) is 8.82. The van der Waals surface area contributed by atoms with Gasteiger partial charge in [0.25, 0.3) is 0 Å². The summed E-state index contributed by atoms with van der Waals surface area (Å²) in [5.41, 5.74) is 3.20. The lowest BCUT2D eigenvalue weighted by Gasteiger charge is -2.34. The Morgan fingerprint density at radius 2 is 1.75 bits per heavy atom. The van der Waals surface area contributed by atoms with Crippen molar-refractivity contribution in [3.8, 4) is 11.5 Å². The first-order valence-corrected chi connectivity index (χ1v) is 11.9. The molecule has 5 nitrogen and oxygen atoms in total.